The molecule has 268 valence electrons. The summed E-state index contributed by atoms with van der Waals surface area (Å²) < 4.78 is 12.3. The van der Waals surface area contributed by atoms with E-state index in [1.807, 2.05) is 60.7 Å². The fourth-order valence-electron chi connectivity index (χ4n) is 7.70. The van der Waals surface area contributed by atoms with Crippen molar-refractivity contribution in [1.29, 1.82) is 0 Å². The Balaban J connectivity index is 1.44. The molecule has 0 saturated carbocycles. The van der Waals surface area contributed by atoms with E-state index in [4.69, 9.17) is 9.47 Å². The zero-order valence-corrected chi connectivity index (χ0v) is 30.0. The maximum absolute atomic E-state index is 14.7. The van der Waals surface area contributed by atoms with Gasteiger partial charge in [0.05, 0.1) is 24.0 Å². The summed E-state index contributed by atoms with van der Waals surface area (Å²) in [6.45, 7) is 8.50. The van der Waals surface area contributed by atoms with Crippen molar-refractivity contribution in [2.24, 2.45) is 11.8 Å². The molecule has 3 aliphatic heterocycles. The Bertz CT molecular complexity index is 1510. The van der Waals surface area contributed by atoms with Crippen molar-refractivity contribution >= 4 is 39.6 Å². The zero-order chi connectivity index (χ0) is 35.7. The quantitative estimate of drug-likeness (QED) is 0.0909. The molecule has 3 fully saturated rings. The van der Waals surface area contributed by atoms with Gasteiger partial charge < -0.3 is 29.7 Å². The van der Waals surface area contributed by atoms with Crippen molar-refractivity contribution in [3.63, 3.8) is 0 Å². The van der Waals surface area contributed by atoms with Gasteiger partial charge in [-0.05, 0) is 36.8 Å². The second-order valence-electron chi connectivity index (χ2n) is 13.3. The van der Waals surface area contributed by atoms with Crippen LogP contribution < -0.4 is 5.32 Å². The lowest BCUT2D eigenvalue weighted by molar-refractivity contribution is -0.148. The first-order valence-corrected chi connectivity index (χ1v) is 18.5. The first kappa shape index (κ1) is 37.5. The van der Waals surface area contributed by atoms with Crippen LogP contribution in [0.5, 0.6) is 0 Å². The van der Waals surface area contributed by atoms with Gasteiger partial charge in [-0.3, -0.25) is 19.2 Å². The number of alkyl halides is 1. The van der Waals surface area contributed by atoms with Gasteiger partial charge in [-0.1, -0.05) is 102 Å². The molecule has 0 aliphatic carbocycles. The van der Waals surface area contributed by atoms with Crippen LogP contribution in [-0.4, -0.2) is 87.5 Å². The Kier molecular flexibility index (Phi) is 13.0. The fraction of sp³-hybridized carbons (Fsp3) is 0.487. The maximum atomic E-state index is 14.7. The number of unbranched alkanes of at least 4 members (excludes halogenated alkanes) is 3. The molecule has 11 heteroatoms. The number of aliphatic hydroxyl groups excluding tert-OH is 1. The Morgan fingerprint density at radius 2 is 1.76 bits per heavy atom. The van der Waals surface area contributed by atoms with E-state index in [1.165, 1.54) is 0 Å². The first-order valence-electron chi connectivity index (χ1n) is 17.5. The molecule has 10 nitrogen and oxygen atoms in total. The van der Waals surface area contributed by atoms with Crippen LogP contribution in [-0.2, 0) is 35.2 Å². The summed E-state index contributed by atoms with van der Waals surface area (Å²) >= 11 is 3.76. The minimum atomic E-state index is -1.21. The van der Waals surface area contributed by atoms with Crippen LogP contribution in [0, 0.1) is 11.8 Å². The van der Waals surface area contributed by atoms with Crippen molar-refractivity contribution in [1.82, 2.24) is 15.1 Å². The molecule has 2 bridgehead atoms. The number of benzene rings is 2. The highest BCUT2D eigenvalue weighted by Crippen LogP contribution is 2.60. The second-order valence-corrected chi connectivity index (χ2v) is 14.5. The molecule has 5 rings (SSSR count). The first-order chi connectivity index (χ1) is 24.2. The number of hydrogen-bond acceptors (Lipinski definition) is 7. The van der Waals surface area contributed by atoms with Crippen LogP contribution in [0.2, 0.25) is 0 Å². The van der Waals surface area contributed by atoms with Crippen LogP contribution in [0.3, 0.4) is 0 Å². The molecule has 3 amide bonds. The molecule has 3 aliphatic rings. The molecule has 3 heterocycles. The number of carbonyl (C=O) groups excluding carboxylic acids is 4. The third kappa shape index (κ3) is 8.05. The zero-order valence-electron chi connectivity index (χ0n) is 28.5. The fourth-order valence-corrected chi connectivity index (χ4v) is 8.65. The number of hydrogen-bond donors (Lipinski definition) is 2. The number of amides is 3. The molecule has 3 saturated heterocycles. The summed E-state index contributed by atoms with van der Waals surface area (Å²) in [5.41, 5.74) is 0.485. The van der Waals surface area contributed by atoms with Crippen molar-refractivity contribution in [3.05, 3.63) is 97.1 Å². The number of rotatable bonds is 19. The lowest BCUT2D eigenvalue weighted by Crippen LogP contribution is -2.57. The summed E-state index contributed by atoms with van der Waals surface area (Å²) in [6, 6.07) is 17.3. The highest BCUT2D eigenvalue weighted by Gasteiger charge is 2.76. The normalized spacial score (nSPS) is 25.5. The molecule has 50 heavy (non-hydrogen) atoms. The summed E-state index contributed by atoms with van der Waals surface area (Å²) in [5, 5.41) is 12.4. The number of halogens is 1. The number of ether oxygens (including phenoxy) is 2. The van der Waals surface area contributed by atoms with Gasteiger partial charge in [-0.2, -0.15) is 0 Å². The highest BCUT2D eigenvalue weighted by atomic mass is 79.9. The Morgan fingerprint density at radius 1 is 1.06 bits per heavy atom. The molecular formula is C39H48BrN3O7. The van der Waals surface area contributed by atoms with Crippen LogP contribution in [0.1, 0.15) is 62.1 Å². The number of aliphatic hydroxyl groups is 1. The topological polar surface area (TPSA) is 125 Å². The van der Waals surface area contributed by atoms with Crippen molar-refractivity contribution < 1.29 is 33.8 Å². The van der Waals surface area contributed by atoms with E-state index in [0.29, 0.717) is 38.8 Å². The molecule has 1 spiro atoms. The van der Waals surface area contributed by atoms with Crippen molar-refractivity contribution in [2.45, 2.75) is 80.1 Å². The Morgan fingerprint density at radius 3 is 2.44 bits per heavy atom. The number of nitrogens with zero attached hydrogens (tertiary/aromatic N) is 2. The summed E-state index contributed by atoms with van der Waals surface area (Å²) in [5.74, 6) is -3.04. The van der Waals surface area contributed by atoms with Gasteiger partial charge in [0.15, 0.2) is 0 Å². The molecule has 7 atom stereocenters. The number of fused-ring (bicyclic) bond motifs is 1. The summed E-state index contributed by atoms with van der Waals surface area (Å²) in [4.78, 5) is 59.2. The standard InChI is InChI=1S/C39H48BrN3O7/c1-3-5-20-31(45)49-26-30(28-18-12-9-13-19-28)41-36(46)32-33-37(47)43(22-14-6-7-15-23-44)35(39(33)24-29(40)34(32)50-39)38(48)42(21-4-2)25-27-16-10-8-11-17-27/h3-4,8-13,16-19,29-30,32-35,44H,1-2,5-7,14-15,20-26H2,(H,41,46)/t29?,30-,32-,33+,34-,35-,39+/m0/s1. The second kappa shape index (κ2) is 17.4. The van der Waals surface area contributed by atoms with Gasteiger partial charge in [-0.25, -0.2) is 0 Å². The maximum Gasteiger partial charge on any atom is 0.306 e. The molecule has 0 aromatic heterocycles. The predicted molar refractivity (Wildman–Crippen MR) is 193 cm³/mol. The van der Waals surface area contributed by atoms with E-state index in [2.05, 4.69) is 34.4 Å². The van der Waals surface area contributed by atoms with Crippen molar-refractivity contribution in [3.8, 4) is 0 Å². The molecule has 0 radical (unpaired) electrons. The lowest BCUT2D eigenvalue weighted by Gasteiger charge is -2.37. The van der Waals surface area contributed by atoms with Crippen LogP contribution >= 0.6 is 15.9 Å². The minimum absolute atomic E-state index is 0.0808. The van der Waals surface area contributed by atoms with Crippen molar-refractivity contribution in [2.75, 3.05) is 26.3 Å². The number of likely N-dealkylation sites (tertiary alicyclic amines) is 1. The number of allylic oxidation sites excluding steroid dienone is 1. The number of esters is 1. The van der Waals surface area contributed by atoms with Gasteiger partial charge in [0.1, 0.15) is 18.2 Å². The van der Waals surface area contributed by atoms with Gasteiger partial charge in [-0.15, -0.1) is 13.2 Å². The van der Waals surface area contributed by atoms with Crippen LogP contribution in [0.25, 0.3) is 0 Å². The Hall–Kier alpha value is -3.80. The summed E-state index contributed by atoms with van der Waals surface area (Å²) in [6.07, 6.45) is 6.63. The SMILES string of the molecule is C=CCCC(=O)OC[C@H](NC(=O)[C@@H]1[C@H]2O[C@@]3(CC2Br)[C@H](C(=O)N(CC=C)Cc2ccccc2)N(CCCCCCO)C(=O)[C@@H]13)c1ccccc1. The third-order valence-electron chi connectivity index (χ3n) is 9.99. The van der Waals surface area contributed by atoms with Crippen LogP contribution in [0.4, 0.5) is 0 Å². The van der Waals surface area contributed by atoms with Gasteiger partial charge in [0.25, 0.3) is 0 Å². The van der Waals surface area contributed by atoms with Gasteiger partial charge in [0, 0.05) is 37.5 Å². The average Bonchev–Trinajstić information content (AvgIpc) is 3.72. The minimum Gasteiger partial charge on any atom is -0.463 e. The molecular weight excluding hydrogens is 702 g/mol. The monoisotopic (exact) mass is 749 g/mol. The van der Waals surface area contributed by atoms with Gasteiger partial charge >= 0.3 is 5.97 Å². The van der Waals surface area contributed by atoms with Gasteiger partial charge in [0.2, 0.25) is 17.7 Å². The van der Waals surface area contributed by atoms with E-state index < -0.39 is 47.5 Å². The largest absolute Gasteiger partial charge is 0.463 e. The van der Waals surface area contributed by atoms with E-state index in [1.54, 1.807) is 22.0 Å². The molecule has 2 aromatic rings. The molecule has 2 N–H and O–H groups in total. The highest BCUT2D eigenvalue weighted by molar-refractivity contribution is 9.09. The van der Waals surface area contributed by atoms with Crippen LogP contribution in [0.15, 0.2) is 86.0 Å². The Labute approximate surface area is 303 Å². The van der Waals surface area contributed by atoms with E-state index in [9.17, 15) is 24.3 Å². The summed E-state index contributed by atoms with van der Waals surface area (Å²) in [7, 11) is 0. The molecule has 2 aromatic carbocycles. The predicted octanol–water partition coefficient (Wildman–Crippen LogP) is 4.87. The van der Waals surface area contributed by atoms with E-state index in [0.717, 1.165) is 24.0 Å². The third-order valence-corrected chi connectivity index (χ3v) is 10.8. The van der Waals surface area contributed by atoms with E-state index >= 15 is 0 Å². The number of carbonyl (C=O) groups is 4. The molecule has 1 unspecified atom stereocenters. The average molecular weight is 751 g/mol. The van der Waals surface area contributed by atoms with E-state index in [-0.39, 0.29) is 42.8 Å². The number of nitrogens with one attached hydrogen (secondary N) is 1. The smallest absolute Gasteiger partial charge is 0.306 e. The lowest BCUT2D eigenvalue weighted by atomic mass is 9.70.